The average Bonchev–Trinajstić information content (AvgIpc) is 2.59. The number of nitrogens with one attached hydrogen (secondary N) is 1. The Hall–Kier alpha value is -1.39. The third kappa shape index (κ3) is 2.48. The van der Waals surface area contributed by atoms with Gasteiger partial charge in [-0.15, -0.1) is 0 Å². The smallest absolute Gasteiger partial charge is 0.241 e. The fourth-order valence-electron chi connectivity index (χ4n) is 4.33. The van der Waals surface area contributed by atoms with Crippen LogP contribution < -0.4 is 11.1 Å². The first-order valence-corrected chi connectivity index (χ1v) is 8.62. The van der Waals surface area contributed by atoms with Gasteiger partial charge in [-0.2, -0.15) is 0 Å². The molecule has 23 heavy (non-hydrogen) atoms. The summed E-state index contributed by atoms with van der Waals surface area (Å²) in [5, 5.41) is 3.09. The number of ether oxygens (including phenoxy) is 1. The summed E-state index contributed by atoms with van der Waals surface area (Å²) in [6.45, 7) is 7.63. The normalized spacial score (nSPS) is 33.2. The standard InChI is InChI=1S/C19H28N2O2/c1-13(14-8-5-4-6-9-14)12-21-17(22)19(20)15-10-7-11-23-16(15)18(19,2)3/h4-6,8-9,13,15-16H,7,10-12,20H2,1-3H3,(H,21,22). The summed E-state index contributed by atoms with van der Waals surface area (Å²) in [4.78, 5) is 12.9. The van der Waals surface area contributed by atoms with Gasteiger partial charge in [0.25, 0.3) is 0 Å². The van der Waals surface area contributed by atoms with Crippen LogP contribution in [0.5, 0.6) is 0 Å². The second-order valence-corrected chi connectivity index (χ2v) is 7.65. The first-order chi connectivity index (χ1) is 10.9. The number of carbonyl (C=O) groups is 1. The summed E-state index contributed by atoms with van der Waals surface area (Å²) in [5.41, 5.74) is 6.69. The monoisotopic (exact) mass is 316 g/mol. The molecule has 1 aromatic carbocycles. The molecule has 3 rings (SSSR count). The molecule has 0 bridgehead atoms. The number of rotatable bonds is 4. The zero-order valence-electron chi connectivity index (χ0n) is 14.3. The highest BCUT2D eigenvalue weighted by Gasteiger charge is 2.70. The van der Waals surface area contributed by atoms with E-state index in [1.54, 1.807) is 0 Å². The maximum absolute atomic E-state index is 12.9. The van der Waals surface area contributed by atoms with E-state index in [1.165, 1.54) is 5.56 Å². The van der Waals surface area contributed by atoms with Crippen molar-refractivity contribution in [1.29, 1.82) is 0 Å². The predicted octanol–water partition coefficient (Wildman–Crippen LogP) is 2.44. The SMILES string of the molecule is CC(CNC(=O)C1(N)C2CCCOC2C1(C)C)c1ccccc1. The Labute approximate surface area is 138 Å². The lowest BCUT2D eigenvalue weighted by Gasteiger charge is -2.65. The van der Waals surface area contributed by atoms with Gasteiger partial charge in [-0.3, -0.25) is 4.79 Å². The van der Waals surface area contributed by atoms with Crippen molar-refractivity contribution in [1.82, 2.24) is 5.32 Å². The number of hydrogen-bond donors (Lipinski definition) is 2. The molecule has 0 radical (unpaired) electrons. The first-order valence-electron chi connectivity index (χ1n) is 8.62. The quantitative estimate of drug-likeness (QED) is 0.897. The highest BCUT2D eigenvalue weighted by atomic mass is 16.5. The molecule has 1 heterocycles. The average molecular weight is 316 g/mol. The second kappa shape index (κ2) is 5.91. The molecule has 4 nitrogen and oxygen atoms in total. The molecule has 0 spiro atoms. The van der Waals surface area contributed by atoms with Gasteiger partial charge in [0, 0.05) is 24.5 Å². The highest BCUT2D eigenvalue weighted by molar-refractivity contribution is 5.89. The lowest BCUT2D eigenvalue weighted by Crippen LogP contribution is -2.82. The van der Waals surface area contributed by atoms with Gasteiger partial charge in [-0.05, 0) is 24.3 Å². The Morgan fingerprint density at radius 2 is 2.09 bits per heavy atom. The number of amides is 1. The van der Waals surface area contributed by atoms with Gasteiger partial charge < -0.3 is 15.8 Å². The van der Waals surface area contributed by atoms with Crippen LogP contribution in [0.4, 0.5) is 0 Å². The number of hydrogen-bond acceptors (Lipinski definition) is 3. The molecule has 0 aromatic heterocycles. The third-order valence-electron chi connectivity index (χ3n) is 6.00. The molecule has 1 aliphatic heterocycles. The molecule has 4 atom stereocenters. The van der Waals surface area contributed by atoms with Gasteiger partial charge in [0.05, 0.1) is 6.10 Å². The Balaban J connectivity index is 1.66. The largest absolute Gasteiger partial charge is 0.377 e. The van der Waals surface area contributed by atoms with E-state index in [2.05, 4.69) is 38.2 Å². The van der Waals surface area contributed by atoms with Gasteiger partial charge in [-0.1, -0.05) is 51.1 Å². The molecule has 1 aromatic rings. The maximum atomic E-state index is 12.9. The number of fused-ring (bicyclic) bond motifs is 1. The molecule has 4 heteroatoms. The van der Waals surface area contributed by atoms with E-state index in [0.717, 1.165) is 19.4 Å². The van der Waals surface area contributed by atoms with Gasteiger partial charge in [-0.25, -0.2) is 0 Å². The lowest BCUT2D eigenvalue weighted by molar-refractivity contribution is -0.225. The highest BCUT2D eigenvalue weighted by Crippen LogP contribution is 2.57. The molecular formula is C19H28N2O2. The molecule has 1 aliphatic carbocycles. The summed E-state index contributed by atoms with van der Waals surface area (Å²) in [5.74, 6) is 0.376. The second-order valence-electron chi connectivity index (χ2n) is 7.65. The summed E-state index contributed by atoms with van der Waals surface area (Å²) in [6.07, 6.45) is 2.08. The minimum absolute atomic E-state index is 0.0305. The van der Waals surface area contributed by atoms with E-state index >= 15 is 0 Å². The minimum atomic E-state index is -0.825. The summed E-state index contributed by atoms with van der Waals surface area (Å²) >= 11 is 0. The van der Waals surface area contributed by atoms with Crippen molar-refractivity contribution in [3.8, 4) is 0 Å². The van der Waals surface area contributed by atoms with Crippen LogP contribution in [0.1, 0.15) is 45.1 Å². The van der Waals surface area contributed by atoms with Crippen LogP contribution in [0, 0.1) is 11.3 Å². The Morgan fingerprint density at radius 1 is 1.39 bits per heavy atom. The fourth-order valence-corrected chi connectivity index (χ4v) is 4.33. The summed E-state index contributed by atoms with van der Waals surface area (Å²) in [7, 11) is 0. The Morgan fingerprint density at radius 3 is 2.78 bits per heavy atom. The maximum Gasteiger partial charge on any atom is 0.241 e. The predicted molar refractivity (Wildman–Crippen MR) is 91.0 cm³/mol. The van der Waals surface area contributed by atoms with Crippen molar-refractivity contribution in [3.05, 3.63) is 35.9 Å². The van der Waals surface area contributed by atoms with Crippen molar-refractivity contribution in [2.45, 2.75) is 51.2 Å². The topological polar surface area (TPSA) is 64.4 Å². The van der Waals surface area contributed by atoms with E-state index < -0.39 is 5.54 Å². The lowest BCUT2D eigenvalue weighted by atomic mass is 9.46. The zero-order chi connectivity index (χ0) is 16.7. The van der Waals surface area contributed by atoms with Crippen LogP contribution in [0.25, 0.3) is 0 Å². The number of nitrogens with two attached hydrogens (primary N) is 1. The van der Waals surface area contributed by atoms with Gasteiger partial charge >= 0.3 is 0 Å². The molecule has 3 N–H and O–H groups in total. The van der Waals surface area contributed by atoms with E-state index in [0.29, 0.717) is 6.54 Å². The van der Waals surface area contributed by atoms with Crippen molar-refractivity contribution in [2.75, 3.05) is 13.2 Å². The number of benzene rings is 1. The van der Waals surface area contributed by atoms with Crippen LogP contribution in [0.15, 0.2) is 30.3 Å². The van der Waals surface area contributed by atoms with E-state index in [1.807, 2.05) is 18.2 Å². The van der Waals surface area contributed by atoms with Crippen molar-refractivity contribution >= 4 is 5.91 Å². The molecule has 2 aliphatic rings. The van der Waals surface area contributed by atoms with Crippen molar-refractivity contribution < 1.29 is 9.53 Å². The van der Waals surface area contributed by atoms with Gasteiger partial charge in [0.1, 0.15) is 5.54 Å². The van der Waals surface area contributed by atoms with E-state index in [9.17, 15) is 4.79 Å². The molecule has 4 unspecified atom stereocenters. The van der Waals surface area contributed by atoms with Crippen LogP contribution in [-0.2, 0) is 9.53 Å². The molecule has 126 valence electrons. The third-order valence-corrected chi connectivity index (χ3v) is 6.00. The van der Waals surface area contributed by atoms with Gasteiger partial charge in [0.15, 0.2) is 0 Å². The summed E-state index contributed by atoms with van der Waals surface area (Å²) < 4.78 is 5.87. The van der Waals surface area contributed by atoms with E-state index in [-0.39, 0.29) is 29.3 Å². The summed E-state index contributed by atoms with van der Waals surface area (Å²) in [6, 6.07) is 10.2. The fraction of sp³-hybridized carbons (Fsp3) is 0.632. The van der Waals surface area contributed by atoms with Crippen LogP contribution in [0.2, 0.25) is 0 Å². The molecular weight excluding hydrogens is 288 g/mol. The van der Waals surface area contributed by atoms with E-state index in [4.69, 9.17) is 10.5 Å². The Kier molecular flexibility index (Phi) is 4.23. The number of carbonyl (C=O) groups excluding carboxylic acids is 1. The zero-order valence-corrected chi connectivity index (χ0v) is 14.3. The Bertz CT molecular complexity index is 572. The molecule has 1 amide bonds. The van der Waals surface area contributed by atoms with Crippen LogP contribution >= 0.6 is 0 Å². The molecule has 1 saturated heterocycles. The molecule has 1 saturated carbocycles. The van der Waals surface area contributed by atoms with Crippen molar-refractivity contribution in [2.24, 2.45) is 17.1 Å². The molecule has 2 fully saturated rings. The van der Waals surface area contributed by atoms with Gasteiger partial charge in [0.2, 0.25) is 5.91 Å². The van der Waals surface area contributed by atoms with Crippen LogP contribution in [0.3, 0.4) is 0 Å². The van der Waals surface area contributed by atoms with Crippen molar-refractivity contribution in [3.63, 3.8) is 0 Å². The first kappa shape index (κ1) is 16.5. The minimum Gasteiger partial charge on any atom is -0.377 e. The van der Waals surface area contributed by atoms with Crippen LogP contribution in [-0.4, -0.2) is 30.7 Å².